The molecule has 0 radical (unpaired) electrons. The Morgan fingerprint density at radius 3 is 1.70 bits per heavy atom. The van der Waals surface area contributed by atoms with Gasteiger partial charge in [-0.2, -0.15) is 0 Å². The van der Waals surface area contributed by atoms with Crippen molar-refractivity contribution >= 4 is 21.6 Å². The number of benzene rings is 3. The Balaban J connectivity index is 2.11. The Hall–Kier alpha value is -3.52. The molecule has 33 heavy (non-hydrogen) atoms. The summed E-state index contributed by atoms with van der Waals surface area (Å²) >= 11 is 0. The zero-order valence-corrected chi connectivity index (χ0v) is 20.0. The number of rotatable bonds is 9. The Kier molecular flexibility index (Phi) is 7.60. The second-order valence-electron chi connectivity index (χ2n) is 7.59. The van der Waals surface area contributed by atoms with Gasteiger partial charge in [0.05, 0.1) is 31.7 Å². The van der Waals surface area contributed by atoms with Crippen molar-refractivity contribution in [1.82, 2.24) is 4.90 Å². The maximum Gasteiger partial charge on any atom is 0.256 e. The maximum atomic E-state index is 13.9. The third kappa shape index (κ3) is 5.84. The van der Waals surface area contributed by atoms with E-state index < -0.39 is 10.0 Å². The van der Waals surface area contributed by atoms with Crippen molar-refractivity contribution in [2.45, 2.75) is 13.1 Å². The normalized spacial score (nSPS) is 11.0. The van der Waals surface area contributed by atoms with Crippen LogP contribution in [0, 0.1) is 0 Å². The average molecular weight is 469 g/mol. The largest absolute Gasteiger partial charge is 0.493 e. The number of hydrogen-bond donors (Lipinski definition) is 0. The fourth-order valence-corrected chi connectivity index (χ4v) is 3.96. The molecule has 0 saturated carbocycles. The maximum absolute atomic E-state index is 13.9. The van der Waals surface area contributed by atoms with E-state index in [1.165, 1.54) is 33.4 Å². The van der Waals surface area contributed by atoms with Crippen molar-refractivity contribution in [3.05, 3.63) is 89.5 Å². The summed E-state index contributed by atoms with van der Waals surface area (Å²) in [6.07, 6.45) is 1.09. The van der Waals surface area contributed by atoms with Crippen LogP contribution in [-0.2, 0) is 23.1 Å². The molecule has 174 valence electrons. The van der Waals surface area contributed by atoms with E-state index in [1.807, 2.05) is 60.7 Å². The zero-order valence-electron chi connectivity index (χ0n) is 19.2. The van der Waals surface area contributed by atoms with Crippen LogP contribution in [0.4, 0.5) is 5.69 Å². The number of amides is 1. The summed E-state index contributed by atoms with van der Waals surface area (Å²) in [5.41, 5.74) is 2.33. The van der Waals surface area contributed by atoms with Gasteiger partial charge in [0.2, 0.25) is 10.0 Å². The zero-order chi connectivity index (χ0) is 24.0. The standard InChI is InChI=1S/C25H28N2O5S/c1-26(33(4,29)30)22-16-24(32-3)23(31-2)15-21(22)25(28)27(17-19-11-7-5-8-12-19)18-20-13-9-6-10-14-20/h5-16H,17-18H2,1-4H3. The number of carbonyl (C=O) groups excluding carboxylic acids is 1. The molecule has 0 aliphatic heterocycles. The molecule has 8 heteroatoms. The van der Waals surface area contributed by atoms with Gasteiger partial charge in [-0.05, 0) is 17.2 Å². The number of methoxy groups -OCH3 is 2. The van der Waals surface area contributed by atoms with Crippen LogP contribution in [0.5, 0.6) is 11.5 Å². The third-order valence-electron chi connectivity index (χ3n) is 5.29. The molecule has 0 aromatic heterocycles. The van der Waals surface area contributed by atoms with E-state index in [9.17, 15) is 13.2 Å². The number of ether oxygens (including phenoxy) is 2. The third-order valence-corrected chi connectivity index (χ3v) is 6.48. The van der Waals surface area contributed by atoms with Crippen LogP contribution in [0.25, 0.3) is 0 Å². The lowest BCUT2D eigenvalue weighted by molar-refractivity contribution is 0.0730. The first-order valence-corrected chi connectivity index (χ1v) is 12.2. The quantitative estimate of drug-likeness (QED) is 0.475. The molecular weight excluding hydrogens is 440 g/mol. The van der Waals surface area contributed by atoms with E-state index >= 15 is 0 Å². The lowest BCUT2D eigenvalue weighted by Gasteiger charge is -2.27. The topological polar surface area (TPSA) is 76.2 Å². The highest BCUT2D eigenvalue weighted by Crippen LogP contribution is 2.36. The lowest BCUT2D eigenvalue weighted by Crippen LogP contribution is -2.33. The van der Waals surface area contributed by atoms with Crippen molar-refractivity contribution < 1.29 is 22.7 Å². The Bertz CT molecular complexity index is 1160. The second kappa shape index (κ2) is 10.4. The highest BCUT2D eigenvalue weighted by atomic mass is 32.2. The van der Waals surface area contributed by atoms with E-state index in [4.69, 9.17) is 9.47 Å². The van der Waals surface area contributed by atoms with Gasteiger partial charge in [-0.25, -0.2) is 8.42 Å². The van der Waals surface area contributed by atoms with Crippen LogP contribution < -0.4 is 13.8 Å². The number of anilines is 1. The SMILES string of the molecule is COc1cc(C(=O)N(Cc2ccccc2)Cc2ccccc2)c(N(C)S(C)(=O)=O)cc1OC. The van der Waals surface area contributed by atoms with Crippen LogP contribution in [0.15, 0.2) is 72.8 Å². The van der Waals surface area contributed by atoms with E-state index in [0.29, 0.717) is 24.6 Å². The highest BCUT2D eigenvalue weighted by Gasteiger charge is 2.27. The summed E-state index contributed by atoms with van der Waals surface area (Å²) in [6, 6.07) is 22.3. The van der Waals surface area contributed by atoms with E-state index in [0.717, 1.165) is 21.7 Å². The van der Waals surface area contributed by atoms with Gasteiger partial charge >= 0.3 is 0 Å². The van der Waals surface area contributed by atoms with Gasteiger partial charge in [-0.15, -0.1) is 0 Å². The van der Waals surface area contributed by atoms with Gasteiger partial charge < -0.3 is 14.4 Å². The van der Waals surface area contributed by atoms with Crippen LogP contribution in [0.3, 0.4) is 0 Å². The smallest absolute Gasteiger partial charge is 0.256 e. The molecule has 1 amide bonds. The summed E-state index contributed by atoms with van der Waals surface area (Å²) in [6.45, 7) is 0.704. The number of hydrogen-bond acceptors (Lipinski definition) is 5. The van der Waals surface area contributed by atoms with Crippen LogP contribution in [0.2, 0.25) is 0 Å². The summed E-state index contributed by atoms with van der Waals surface area (Å²) in [7, 11) is 0.704. The molecule has 3 rings (SSSR count). The van der Waals surface area contributed by atoms with Crippen LogP contribution in [0.1, 0.15) is 21.5 Å². The van der Waals surface area contributed by atoms with Crippen LogP contribution >= 0.6 is 0 Å². The second-order valence-corrected chi connectivity index (χ2v) is 9.60. The predicted molar refractivity (Wildman–Crippen MR) is 129 cm³/mol. The minimum absolute atomic E-state index is 0.201. The molecule has 0 saturated heterocycles. The fourth-order valence-electron chi connectivity index (χ4n) is 3.46. The van der Waals surface area contributed by atoms with Gasteiger partial charge in [0, 0.05) is 26.2 Å². The Morgan fingerprint density at radius 1 is 0.818 bits per heavy atom. The molecule has 0 heterocycles. The summed E-state index contributed by atoms with van der Waals surface area (Å²) < 4.78 is 36.5. The molecule has 0 bridgehead atoms. The number of nitrogens with zero attached hydrogens (tertiary/aromatic N) is 2. The molecule has 7 nitrogen and oxygen atoms in total. The van der Waals surface area contributed by atoms with Crippen molar-refractivity contribution in [2.24, 2.45) is 0 Å². The molecule has 0 atom stereocenters. The highest BCUT2D eigenvalue weighted by molar-refractivity contribution is 7.92. The first-order valence-electron chi connectivity index (χ1n) is 10.3. The predicted octanol–water partition coefficient (Wildman–Crippen LogP) is 3.94. The van der Waals surface area contributed by atoms with Gasteiger partial charge in [-0.1, -0.05) is 60.7 Å². The van der Waals surface area contributed by atoms with E-state index in [-0.39, 0.29) is 17.2 Å². The number of sulfonamides is 1. The molecule has 0 aliphatic carbocycles. The first kappa shape index (κ1) is 24.1. The number of carbonyl (C=O) groups is 1. The van der Waals surface area contributed by atoms with E-state index in [1.54, 1.807) is 4.90 Å². The Morgan fingerprint density at radius 2 is 1.27 bits per heavy atom. The van der Waals surface area contributed by atoms with Gasteiger partial charge in [-0.3, -0.25) is 9.10 Å². The van der Waals surface area contributed by atoms with Crippen LogP contribution in [-0.4, -0.2) is 46.7 Å². The summed E-state index contributed by atoms with van der Waals surface area (Å²) in [4.78, 5) is 15.6. The van der Waals surface area contributed by atoms with Crippen molar-refractivity contribution in [1.29, 1.82) is 0 Å². The molecule has 0 unspecified atom stereocenters. The molecule has 3 aromatic carbocycles. The minimum atomic E-state index is -3.63. The van der Waals surface area contributed by atoms with Crippen molar-refractivity contribution in [2.75, 3.05) is 31.8 Å². The average Bonchev–Trinajstić information content (AvgIpc) is 2.82. The first-order chi connectivity index (χ1) is 15.7. The molecule has 0 spiro atoms. The monoisotopic (exact) mass is 468 g/mol. The van der Waals surface area contributed by atoms with Crippen molar-refractivity contribution in [3.8, 4) is 11.5 Å². The van der Waals surface area contributed by atoms with Crippen molar-refractivity contribution in [3.63, 3.8) is 0 Å². The molecular formula is C25H28N2O5S. The molecule has 0 N–H and O–H groups in total. The summed E-state index contributed by atoms with van der Waals surface area (Å²) in [5.74, 6) is 0.345. The van der Waals surface area contributed by atoms with Gasteiger partial charge in [0.1, 0.15) is 0 Å². The minimum Gasteiger partial charge on any atom is -0.493 e. The molecule has 0 aliphatic rings. The Labute approximate surface area is 195 Å². The van der Waals surface area contributed by atoms with E-state index in [2.05, 4.69) is 0 Å². The molecule has 3 aromatic rings. The van der Waals surface area contributed by atoms with Gasteiger partial charge in [0.25, 0.3) is 5.91 Å². The summed E-state index contributed by atoms with van der Waals surface area (Å²) in [5, 5.41) is 0. The molecule has 0 fully saturated rings. The lowest BCUT2D eigenvalue weighted by atomic mass is 10.1. The van der Waals surface area contributed by atoms with Gasteiger partial charge in [0.15, 0.2) is 11.5 Å². The fraction of sp³-hybridized carbons (Fsp3) is 0.240.